The molecule has 0 aliphatic heterocycles. The molecule has 70 valence electrons. The summed E-state index contributed by atoms with van der Waals surface area (Å²) in [5.74, 6) is 0. The van der Waals surface area contributed by atoms with Crippen LogP contribution in [0.3, 0.4) is 0 Å². The molecule has 1 unspecified atom stereocenters. The van der Waals surface area contributed by atoms with E-state index in [-0.39, 0.29) is 0 Å². The zero-order chi connectivity index (χ0) is 9.23. The molecule has 0 aromatic carbocycles. The van der Waals surface area contributed by atoms with Crippen LogP contribution in [0.4, 0.5) is 0 Å². The Morgan fingerprint density at radius 2 is 2.17 bits per heavy atom. The van der Waals surface area contributed by atoms with Crippen LogP contribution in [-0.2, 0) is 4.74 Å². The molecule has 0 aliphatic carbocycles. The van der Waals surface area contributed by atoms with Crippen molar-refractivity contribution in [2.24, 2.45) is 0 Å². The highest BCUT2D eigenvalue weighted by molar-refractivity contribution is 5.00. The highest BCUT2D eigenvalue weighted by Crippen LogP contribution is 1.94. The average Bonchev–Trinajstić information content (AvgIpc) is 2.02. The third-order valence-corrected chi connectivity index (χ3v) is 1.31. The van der Waals surface area contributed by atoms with E-state index in [4.69, 9.17) is 9.84 Å². The number of aliphatic hydroxyl groups excluding tert-OH is 1. The normalized spacial score (nSPS) is 14.6. The SMILES string of the molecule is CC=CC=CCCCOC(C)O. The maximum absolute atomic E-state index is 8.74. The predicted octanol–water partition coefficient (Wildman–Crippen LogP) is 2.25. The van der Waals surface area contributed by atoms with E-state index in [0.29, 0.717) is 6.61 Å². The van der Waals surface area contributed by atoms with Crippen molar-refractivity contribution in [3.63, 3.8) is 0 Å². The number of unbranched alkanes of at least 4 members (excludes halogenated alkanes) is 1. The van der Waals surface area contributed by atoms with Crippen molar-refractivity contribution >= 4 is 0 Å². The number of hydrogen-bond donors (Lipinski definition) is 1. The van der Waals surface area contributed by atoms with Gasteiger partial charge >= 0.3 is 0 Å². The Morgan fingerprint density at radius 1 is 1.42 bits per heavy atom. The molecule has 0 amide bonds. The molecule has 0 rings (SSSR count). The van der Waals surface area contributed by atoms with E-state index in [2.05, 4.69) is 6.08 Å². The Labute approximate surface area is 74.6 Å². The Bertz CT molecular complexity index is 137. The molecule has 0 saturated carbocycles. The molecular formula is C10H18O2. The second kappa shape index (κ2) is 8.50. The van der Waals surface area contributed by atoms with Crippen molar-refractivity contribution in [1.29, 1.82) is 0 Å². The van der Waals surface area contributed by atoms with Crippen LogP contribution < -0.4 is 0 Å². The van der Waals surface area contributed by atoms with Crippen molar-refractivity contribution < 1.29 is 9.84 Å². The molecule has 0 heterocycles. The van der Waals surface area contributed by atoms with Crippen molar-refractivity contribution in [1.82, 2.24) is 0 Å². The first-order chi connectivity index (χ1) is 5.77. The van der Waals surface area contributed by atoms with Gasteiger partial charge in [-0.05, 0) is 26.7 Å². The predicted molar refractivity (Wildman–Crippen MR) is 50.8 cm³/mol. The maximum atomic E-state index is 8.74. The van der Waals surface area contributed by atoms with Gasteiger partial charge in [-0.2, -0.15) is 0 Å². The molecule has 0 spiro atoms. The number of hydrogen-bond acceptors (Lipinski definition) is 2. The molecule has 2 heteroatoms. The minimum absolute atomic E-state index is 0.623. The second-order valence-electron chi connectivity index (χ2n) is 2.57. The van der Waals surface area contributed by atoms with E-state index >= 15 is 0 Å². The Balaban J connectivity index is 3.10. The number of aliphatic hydroxyl groups is 1. The summed E-state index contributed by atoms with van der Waals surface area (Å²) >= 11 is 0. The minimum atomic E-state index is -0.635. The zero-order valence-corrected chi connectivity index (χ0v) is 7.86. The van der Waals surface area contributed by atoms with Crippen LogP contribution in [0.15, 0.2) is 24.3 Å². The van der Waals surface area contributed by atoms with E-state index < -0.39 is 6.29 Å². The average molecular weight is 170 g/mol. The maximum Gasteiger partial charge on any atom is 0.151 e. The molecular weight excluding hydrogens is 152 g/mol. The summed E-state index contributed by atoms with van der Waals surface area (Å²) < 4.78 is 4.95. The van der Waals surface area contributed by atoms with Gasteiger partial charge in [0.2, 0.25) is 0 Å². The lowest BCUT2D eigenvalue weighted by molar-refractivity contribution is -0.0853. The summed E-state index contributed by atoms with van der Waals surface area (Å²) in [7, 11) is 0. The van der Waals surface area contributed by atoms with Crippen molar-refractivity contribution in [2.45, 2.75) is 33.0 Å². The van der Waals surface area contributed by atoms with Gasteiger partial charge in [0.15, 0.2) is 6.29 Å². The quantitative estimate of drug-likeness (QED) is 0.376. The Hall–Kier alpha value is -0.600. The van der Waals surface area contributed by atoms with Crippen LogP contribution in [0.25, 0.3) is 0 Å². The highest BCUT2D eigenvalue weighted by atomic mass is 16.6. The lowest BCUT2D eigenvalue weighted by Crippen LogP contribution is -2.06. The summed E-state index contributed by atoms with van der Waals surface area (Å²) in [6, 6.07) is 0. The monoisotopic (exact) mass is 170 g/mol. The number of rotatable bonds is 6. The number of ether oxygens (including phenoxy) is 1. The van der Waals surface area contributed by atoms with Gasteiger partial charge in [0.25, 0.3) is 0 Å². The topological polar surface area (TPSA) is 29.5 Å². The van der Waals surface area contributed by atoms with Crippen LogP contribution in [0.5, 0.6) is 0 Å². The van der Waals surface area contributed by atoms with Gasteiger partial charge in [-0.1, -0.05) is 24.3 Å². The first kappa shape index (κ1) is 11.4. The van der Waals surface area contributed by atoms with Gasteiger partial charge in [0.1, 0.15) is 0 Å². The fourth-order valence-corrected chi connectivity index (χ4v) is 0.741. The third-order valence-electron chi connectivity index (χ3n) is 1.31. The Morgan fingerprint density at radius 3 is 2.75 bits per heavy atom. The molecule has 0 fully saturated rings. The Kier molecular flexibility index (Phi) is 8.07. The molecule has 2 nitrogen and oxygen atoms in total. The molecule has 0 aromatic heterocycles. The second-order valence-corrected chi connectivity index (χ2v) is 2.57. The lowest BCUT2D eigenvalue weighted by atomic mass is 10.3. The van der Waals surface area contributed by atoms with Gasteiger partial charge in [0, 0.05) is 6.61 Å². The van der Waals surface area contributed by atoms with Crippen LogP contribution in [0.1, 0.15) is 26.7 Å². The van der Waals surface area contributed by atoms with Gasteiger partial charge in [-0.3, -0.25) is 0 Å². The molecule has 0 aromatic rings. The summed E-state index contributed by atoms with van der Waals surface area (Å²) in [5, 5.41) is 8.74. The first-order valence-corrected chi connectivity index (χ1v) is 4.35. The van der Waals surface area contributed by atoms with Crippen molar-refractivity contribution in [2.75, 3.05) is 6.61 Å². The van der Waals surface area contributed by atoms with Gasteiger partial charge in [-0.25, -0.2) is 0 Å². The molecule has 12 heavy (non-hydrogen) atoms. The summed E-state index contributed by atoms with van der Waals surface area (Å²) in [6.45, 7) is 4.23. The smallest absolute Gasteiger partial charge is 0.151 e. The fourth-order valence-electron chi connectivity index (χ4n) is 0.741. The van der Waals surface area contributed by atoms with E-state index in [1.807, 2.05) is 25.2 Å². The largest absolute Gasteiger partial charge is 0.368 e. The van der Waals surface area contributed by atoms with E-state index in [1.54, 1.807) is 6.92 Å². The zero-order valence-electron chi connectivity index (χ0n) is 7.86. The van der Waals surface area contributed by atoms with E-state index in [9.17, 15) is 0 Å². The fraction of sp³-hybridized carbons (Fsp3) is 0.600. The summed E-state index contributed by atoms with van der Waals surface area (Å²) in [6.07, 6.45) is 9.41. The van der Waals surface area contributed by atoms with Gasteiger partial charge < -0.3 is 9.84 Å². The van der Waals surface area contributed by atoms with Crippen LogP contribution in [-0.4, -0.2) is 18.0 Å². The molecule has 0 saturated heterocycles. The van der Waals surface area contributed by atoms with Crippen LogP contribution in [0.2, 0.25) is 0 Å². The first-order valence-electron chi connectivity index (χ1n) is 4.35. The third kappa shape index (κ3) is 9.40. The lowest BCUT2D eigenvalue weighted by Gasteiger charge is -2.03. The van der Waals surface area contributed by atoms with Crippen LogP contribution in [0, 0.1) is 0 Å². The summed E-state index contributed by atoms with van der Waals surface area (Å²) in [4.78, 5) is 0. The summed E-state index contributed by atoms with van der Waals surface area (Å²) in [5.41, 5.74) is 0. The van der Waals surface area contributed by atoms with Crippen molar-refractivity contribution in [3.05, 3.63) is 24.3 Å². The molecule has 1 atom stereocenters. The standard InChI is InChI=1S/C10H18O2/c1-3-4-5-6-7-8-9-12-10(2)11/h3-6,10-11H,7-9H2,1-2H3. The number of allylic oxidation sites excluding steroid dienone is 4. The van der Waals surface area contributed by atoms with E-state index in [0.717, 1.165) is 12.8 Å². The van der Waals surface area contributed by atoms with Gasteiger partial charge in [0.05, 0.1) is 0 Å². The van der Waals surface area contributed by atoms with E-state index in [1.165, 1.54) is 0 Å². The minimum Gasteiger partial charge on any atom is -0.368 e. The van der Waals surface area contributed by atoms with Crippen molar-refractivity contribution in [3.8, 4) is 0 Å². The molecule has 1 N–H and O–H groups in total. The van der Waals surface area contributed by atoms with Crippen LogP contribution >= 0.6 is 0 Å². The highest BCUT2D eigenvalue weighted by Gasteiger charge is 1.91. The molecule has 0 radical (unpaired) electrons. The van der Waals surface area contributed by atoms with Gasteiger partial charge in [-0.15, -0.1) is 0 Å². The molecule has 0 aliphatic rings. The molecule has 0 bridgehead atoms.